The molecule has 0 radical (unpaired) electrons. The maximum atomic E-state index is 12.5. The summed E-state index contributed by atoms with van der Waals surface area (Å²) in [4.78, 5) is 12.5. The van der Waals surface area contributed by atoms with Gasteiger partial charge in [-0.2, -0.15) is 0 Å². The van der Waals surface area contributed by atoms with Crippen molar-refractivity contribution >= 4 is 5.91 Å². The zero-order valence-corrected chi connectivity index (χ0v) is 28.1. The second kappa shape index (κ2) is 27.2. The van der Waals surface area contributed by atoms with Crippen LogP contribution in [0.25, 0.3) is 0 Å². The highest BCUT2D eigenvalue weighted by molar-refractivity contribution is 5.94. The van der Waals surface area contributed by atoms with Crippen LogP contribution in [0.15, 0.2) is 50.6 Å². The van der Waals surface area contributed by atoms with Crippen molar-refractivity contribution in [2.45, 2.75) is 51.2 Å². The van der Waals surface area contributed by atoms with Crippen molar-refractivity contribution in [2.24, 2.45) is 23.5 Å². The second-order valence-corrected chi connectivity index (χ2v) is 9.62. The lowest BCUT2D eigenvalue weighted by atomic mass is 9.75. The molecule has 50 heavy (non-hydrogen) atoms. The molecule has 5 heteroatoms. The first kappa shape index (κ1) is 41.1. The molecule has 0 aromatic heterocycles. The lowest BCUT2D eigenvalue weighted by Crippen LogP contribution is -2.52. The van der Waals surface area contributed by atoms with E-state index in [4.69, 9.17) is 15.2 Å². The van der Waals surface area contributed by atoms with Gasteiger partial charge in [-0.05, 0) is 120 Å². The highest BCUT2D eigenvalue weighted by atomic mass is 16.7. The molecule has 0 spiro atoms. The molecule has 0 bridgehead atoms. The van der Waals surface area contributed by atoms with Crippen molar-refractivity contribution in [1.29, 1.82) is 0 Å². The quantitative estimate of drug-likeness (QED) is 0.267. The Kier molecular flexibility index (Phi) is 22.3. The summed E-state index contributed by atoms with van der Waals surface area (Å²) >= 11 is 0. The van der Waals surface area contributed by atoms with E-state index in [9.17, 15) is 4.79 Å². The molecule has 5 nitrogen and oxygen atoms in total. The van der Waals surface area contributed by atoms with Crippen molar-refractivity contribution < 1.29 is 14.3 Å². The van der Waals surface area contributed by atoms with E-state index in [2.05, 4.69) is 174 Å². The number of amides is 1. The van der Waals surface area contributed by atoms with E-state index in [1.54, 1.807) is 19.1 Å². The summed E-state index contributed by atoms with van der Waals surface area (Å²) in [6.45, 7) is 19.5. The molecule has 1 heterocycles. The summed E-state index contributed by atoms with van der Waals surface area (Å²) in [6.07, 6.45) is 7.76. The molecule has 1 aliphatic rings. The standard InChI is InChI=1S/C45H34N2O3/c1-7-13-14-15-16-17-18-19-20-21-22-23-24-25-26-27-28-29-30-31-32-33-34-36-44(48)47-42(41(46)12-6)37-49-45-40(11-5)38(9-3)39(10-4)43(50-45)35-8-2/h8-11,38-43,45H,2-5,12,35,37,46H2,1,6H3,(H,47,48)/t38?,39-,40-,41-,42+,43?,45-/m1/s1. The molecular formula is C45H34N2O3. The monoisotopic (exact) mass is 650 g/mol. The van der Waals surface area contributed by atoms with Crippen molar-refractivity contribution in [3.63, 3.8) is 0 Å². The highest BCUT2D eigenvalue weighted by Crippen LogP contribution is 2.39. The fourth-order valence-electron chi connectivity index (χ4n) is 4.19. The SMILES string of the molecule is C=CCC1O[C@@H](OC[C@H](NC(=O)C#CC#CC#CC#CC#CC#CC#CC#CC#CC#CC#CC#CC)[C@H](N)CC)[C@H](C=C)C(C=C)[C@H]1C=C. The van der Waals surface area contributed by atoms with E-state index < -0.39 is 18.2 Å². The Labute approximate surface area is 298 Å². The maximum Gasteiger partial charge on any atom is 0.297 e. The molecule has 242 valence electrons. The molecule has 1 amide bonds. The number of nitrogens with two attached hydrogens (primary N) is 1. The van der Waals surface area contributed by atoms with E-state index in [-0.39, 0.29) is 36.5 Å². The Bertz CT molecular complexity index is 2070. The Hall–Kier alpha value is -6.97. The number of ether oxygens (including phenoxy) is 2. The first-order valence-electron chi connectivity index (χ1n) is 15.2. The summed E-state index contributed by atoms with van der Waals surface area (Å²) in [5, 5.41) is 2.81. The second-order valence-electron chi connectivity index (χ2n) is 9.62. The number of allylic oxidation sites excluding steroid dienone is 1. The number of nitrogens with one attached hydrogen (secondary N) is 1. The largest absolute Gasteiger partial charge is 0.350 e. The van der Waals surface area contributed by atoms with E-state index in [1.807, 2.05) is 19.1 Å². The predicted octanol–water partition coefficient (Wildman–Crippen LogP) is 2.99. The van der Waals surface area contributed by atoms with Crippen LogP contribution in [0.5, 0.6) is 0 Å². The van der Waals surface area contributed by atoms with Gasteiger partial charge in [0.25, 0.3) is 5.91 Å². The van der Waals surface area contributed by atoms with Gasteiger partial charge < -0.3 is 20.5 Å². The topological polar surface area (TPSA) is 73.6 Å². The Morgan fingerprint density at radius 2 is 1.12 bits per heavy atom. The molecule has 3 N–H and O–H groups in total. The fourth-order valence-corrected chi connectivity index (χ4v) is 4.19. The van der Waals surface area contributed by atoms with Gasteiger partial charge >= 0.3 is 0 Å². The molecule has 0 aromatic carbocycles. The molecule has 1 aliphatic heterocycles. The van der Waals surface area contributed by atoms with Crippen LogP contribution >= 0.6 is 0 Å². The lowest BCUT2D eigenvalue weighted by molar-refractivity contribution is -0.235. The average Bonchev–Trinajstić information content (AvgIpc) is 3.12. The summed E-state index contributed by atoms with van der Waals surface area (Å²) in [5.41, 5.74) is 6.29. The van der Waals surface area contributed by atoms with Crippen molar-refractivity contribution in [1.82, 2.24) is 5.32 Å². The minimum atomic E-state index is -0.617. The van der Waals surface area contributed by atoms with E-state index in [0.717, 1.165) is 0 Å². The number of rotatable bonds is 11. The molecule has 1 fully saturated rings. The minimum Gasteiger partial charge on any atom is -0.350 e. The Morgan fingerprint density at radius 3 is 1.50 bits per heavy atom. The fraction of sp³-hybridized carbons (Fsp3) is 0.267. The minimum absolute atomic E-state index is 0.0108. The van der Waals surface area contributed by atoms with Crippen LogP contribution < -0.4 is 11.1 Å². The number of hydrogen-bond acceptors (Lipinski definition) is 4. The molecule has 7 atom stereocenters. The third-order valence-electron chi connectivity index (χ3n) is 6.52. The third-order valence-corrected chi connectivity index (χ3v) is 6.52. The van der Waals surface area contributed by atoms with Gasteiger partial charge in [0.2, 0.25) is 0 Å². The summed E-state index contributed by atoms with van der Waals surface area (Å²) in [7, 11) is 0. The Balaban J connectivity index is 2.70. The average molecular weight is 651 g/mol. The zero-order chi connectivity index (χ0) is 36.7. The van der Waals surface area contributed by atoms with Crippen LogP contribution in [-0.4, -0.2) is 37.0 Å². The van der Waals surface area contributed by atoms with Crippen LogP contribution in [0.2, 0.25) is 0 Å². The van der Waals surface area contributed by atoms with Gasteiger partial charge in [-0.15, -0.1) is 26.3 Å². The molecule has 1 saturated heterocycles. The first-order valence-corrected chi connectivity index (χ1v) is 15.2. The van der Waals surface area contributed by atoms with Crippen LogP contribution in [-0.2, 0) is 14.3 Å². The number of carbonyl (C=O) groups is 1. The van der Waals surface area contributed by atoms with E-state index in [1.165, 1.54) is 0 Å². The first-order chi connectivity index (χ1) is 24.5. The molecule has 1 rings (SSSR count). The maximum absolute atomic E-state index is 12.5. The van der Waals surface area contributed by atoms with Gasteiger partial charge in [0, 0.05) is 59.3 Å². The van der Waals surface area contributed by atoms with Crippen molar-refractivity contribution in [2.75, 3.05) is 6.61 Å². The van der Waals surface area contributed by atoms with Crippen molar-refractivity contribution in [3.05, 3.63) is 50.6 Å². The van der Waals surface area contributed by atoms with Gasteiger partial charge in [0.15, 0.2) is 6.29 Å². The van der Waals surface area contributed by atoms with Gasteiger partial charge in [0.05, 0.1) is 18.8 Å². The number of carbonyl (C=O) groups excluding carboxylic acids is 1. The van der Waals surface area contributed by atoms with Gasteiger partial charge in [-0.1, -0.05) is 37.1 Å². The van der Waals surface area contributed by atoms with Crippen LogP contribution in [0.4, 0.5) is 0 Å². The van der Waals surface area contributed by atoms with E-state index in [0.29, 0.717) is 12.8 Å². The molecule has 0 aliphatic carbocycles. The number of hydrogen-bond donors (Lipinski definition) is 2. The molecule has 2 unspecified atom stereocenters. The van der Waals surface area contributed by atoms with Crippen LogP contribution in [0.1, 0.15) is 26.7 Å². The van der Waals surface area contributed by atoms with Crippen LogP contribution in [0.3, 0.4) is 0 Å². The summed E-state index contributed by atoms with van der Waals surface area (Å²) < 4.78 is 12.5. The molecule has 0 aromatic rings. The lowest BCUT2D eigenvalue weighted by Gasteiger charge is -2.44. The van der Waals surface area contributed by atoms with Gasteiger partial charge in [-0.3, -0.25) is 4.79 Å². The van der Waals surface area contributed by atoms with Crippen molar-refractivity contribution in [3.8, 4) is 142 Å². The zero-order valence-electron chi connectivity index (χ0n) is 28.1. The van der Waals surface area contributed by atoms with Gasteiger partial charge in [0.1, 0.15) is 0 Å². The summed E-state index contributed by atoms with van der Waals surface area (Å²) in [6, 6.07) is -0.904. The smallest absolute Gasteiger partial charge is 0.297 e. The van der Waals surface area contributed by atoms with E-state index >= 15 is 0 Å². The molecule has 0 saturated carbocycles. The van der Waals surface area contributed by atoms with Crippen LogP contribution in [0, 0.1) is 160 Å². The highest BCUT2D eigenvalue weighted by Gasteiger charge is 2.42. The summed E-state index contributed by atoms with van der Waals surface area (Å²) in [5.74, 6) is 59.6. The van der Waals surface area contributed by atoms with Gasteiger partial charge in [-0.25, -0.2) is 0 Å². The third kappa shape index (κ3) is 17.1. The normalized spacial score (nSPS) is 17.9. The predicted molar refractivity (Wildman–Crippen MR) is 200 cm³/mol. The Morgan fingerprint density at radius 1 is 0.700 bits per heavy atom. The molecular weight excluding hydrogens is 617 g/mol.